The van der Waals surface area contributed by atoms with Crippen LogP contribution in [-0.4, -0.2) is 25.5 Å². The highest BCUT2D eigenvalue weighted by atomic mass is 16.5. The third kappa shape index (κ3) is 6.12. The molecule has 0 aliphatic heterocycles. The summed E-state index contributed by atoms with van der Waals surface area (Å²) in [5, 5.41) is 6.55. The van der Waals surface area contributed by atoms with Crippen molar-refractivity contribution in [3.63, 3.8) is 0 Å². The van der Waals surface area contributed by atoms with E-state index in [2.05, 4.69) is 56.5 Å². The fourth-order valence-electron chi connectivity index (χ4n) is 4.11. The summed E-state index contributed by atoms with van der Waals surface area (Å²) in [6, 6.07) is 23.1. The van der Waals surface area contributed by atoms with Gasteiger partial charge in [-0.2, -0.15) is 0 Å². The first-order chi connectivity index (χ1) is 16.3. The average Bonchev–Trinajstić information content (AvgIpc) is 2.84. The van der Waals surface area contributed by atoms with Gasteiger partial charge in [0.15, 0.2) is 0 Å². The van der Waals surface area contributed by atoms with E-state index in [0.717, 1.165) is 27.9 Å². The number of esters is 1. The second-order valence-electron chi connectivity index (χ2n) is 9.01. The second kappa shape index (κ2) is 11.6. The maximum Gasteiger partial charge on any atom is 0.337 e. The van der Waals surface area contributed by atoms with Crippen molar-refractivity contribution in [1.29, 1.82) is 0 Å². The summed E-state index contributed by atoms with van der Waals surface area (Å²) in [4.78, 5) is 25.2. The van der Waals surface area contributed by atoms with Gasteiger partial charge in [-0.05, 0) is 46.2 Å². The van der Waals surface area contributed by atoms with Gasteiger partial charge in [0.25, 0.3) is 0 Å². The standard InChI is InChI=1S/C29H34N2O3/c1-19(2)24-15-10-16-25(20(3)4)28(24)31-26(32)18-30-27(21-11-7-6-8-12-21)22-13-9-14-23(17-22)29(33)34-5/h6-17,19-20,27,30H,18H2,1-5H3,(H,31,32). The topological polar surface area (TPSA) is 67.4 Å². The normalized spacial score (nSPS) is 12.0. The molecule has 0 radical (unpaired) electrons. The van der Waals surface area contributed by atoms with Crippen LogP contribution in [0.5, 0.6) is 0 Å². The predicted octanol–water partition coefficient (Wildman–Crippen LogP) is 6.04. The molecule has 3 aromatic rings. The van der Waals surface area contributed by atoms with Gasteiger partial charge in [0.1, 0.15) is 0 Å². The van der Waals surface area contributed by atoms with Crippen molar-refractivity contribution in [1.82, 2.24) is 5.32 Å². The number of carbonyl (C=O) groups excluding carboxylic acids is 2. The van der Waals surface area contributed by atoms with E-state index in [4.69, 9.17) is 4.74 Å². The minimum atomic E-state index is -0.391. The summed E-state index contributed by atoms with van der Waals surface area (Å²) >= 11 is 0. The molecule has 5 nitrogen and oxygen atoms in total. The van der Waals surface area contributed by atoms with Gasteiger partial charge in [-0.25, -0.2) is 4.79 Å². The van der Waals surface area contributed by atoms with Gasteiger partial charge in [0.2, 0.25) is 5.91 Å². The first kappa shape index (κ1) is 25.2. The summed E-state index contributed by atoms with van der Waals surface area (Å²) < 4.78 is 4.88. The SMILES string of the molecule is COC(=O)c1cccc(C(NCC(=O)Nc2c(C(C)C)cccc2C(C)C)c2ccccc2)c1. The fourth-order valence-corrected chi connectivity index (χ4v) is 4.11. The van der Waals surface area contributed by atoms with Gasteiger partial charge >= 0.3 is 5.97 Å². The molecule has 0 aliphatic carbocycles. The molecule has 0 heterocycles. The summed E-state index contributed by atoms with van der Waals surface area (Å²) in [7, 11) is 1.37. The Labute approximate surface area is 202 Å². The Morgan fingerprint density at radius 2 is 1.38 bits per heavy atom. The predicted molar refractivity (Wildman–Crippen MR) is 137 cm³/mol. The molecule has 178 valence electrons. The Hall–Kier alpha value is -3.44. The lowest BCUT2D eigenvalue weighted by Crippen LogP contribution is -2.32. The molecule has 0 aromatic heterocycles. The molecule has 0 aliphatic rings. The smallest absolute Gasteiger partial charge is 0.337 e. The Morgan fingerprint density at radius 3 is 1.97 bits per heavy atom. The summed E-state index contributed by atoms with van der Waals surface area (Å²) in [6.45, 7) is 8.65. The Balaban J connectivity index is 1.85. The first-order valence-electron chi connectivity index (χ1n) is 11.7. The average molecular weight is 459 g/mol. The Bertz CT molecular complexity index is 1100. The molecule has 3 rings (SSSR count). The summed E-state index contributed by atoms with van der Waals surface area (Å²) in [6.07, 6.45) is 0. The van der Waals surface area contributed by atoms with Crippen LogP contribution in [0.1, 0.15) is 78.2 Å². The fraction of sp³-hybridized carbons (Fsp3) is 0.310. The number of nitrogens with one attached hydrogen (secondary N) is 2. The second-order valence-corrected chi connectivity index (χ2v) is 9.01. The number of carbonyl (C=O) groups is 2. The van der Waals surface area contributed by atoms with E-state index in [-0.39, 0.29) is 18.5 Å². The van der Waals surface area contributed by atoms with Crippen molar-refractivity contribution in [2.24, 2.45) is 0 Å². The summed E-state index contributed by atoms with van der Waals surface area (Å²) in [5.74, 6) is 0.0816. The zero-order valence-corrected chi connectivity index (χ0v) is 20.6. The highest BCUT2D eigenvalue weighted by Gasteiger charge is 2.19. The van der Waals surface area contributed by atoms with E-state index in [1.54, 1.807) is 12.1 Å². The largest absolute Gasteiger partial charge is 0.465 e. The highest BCUT2D eigenvalue weighted by molar-refractivity contribution is 5.94. The molecule has 3 aromatic carbocycles. The monoisotopic (exact) mass is 458 g/mol. The van der Waals surface area contributed by atoms with Gasteiger partial charge in [-0.3, -0.25) is 10.1 Å². The van der Waals surface area contributed by atoms with Crippen LogP contribution in [0.2, 0.25) is 0 Å². The number of ether oxygens (including phenoxy) is 1. The number of hydrogen-bond acceptors (Lipinski definition) is 4. The van der Waals surface area contributed by atoms with Crippen molar-refractivity contribution in [3.05, 3.63) is 101 Å². The van der Waals surface area contributed by atoms with Crippen LogP contribution < -0.4 is 10.6 Å². The first-order valence-corrected chi connectivity index (χ1v) is 11.7. The number of methoxy groups -OCH3 is 1. The highest BCUT2D eigenvalue weighted by Crippen LogP contribution is 2.32. The van der Waals surface area contributed by atoms with Crippen LogP contribution >= 0.6 is 0 Å². The van der Waals surface area contributed by atoms with E-state index in [1.165, 1.54) is 7.11 Å². The Kier molecular flexibility index (Phi) is 8.61. The maximum absolute atomic E-state index is 13.1. The van der Waals surface area contributed by atoms with Gasteiger partial charge in [-0.15, -0.1) is 0 Å². The number of anilines is 1. The van der Waals surface area contributed by atoms with Crippen LogP contribution in [0, 0.1) is 0 Å². The van der Waals surface area contributed by atoms with E-state index in [0.29, 0.717) is 17.4 Å². The molecule has 1 amide bonds. The van der Waals surface area contributed by atoms with Gasteiger partial charge in [0.05, 0.1) is 25.3 Å². The zero-order chi connectivity index (χ0) is 24.7. The van der Waals surface area contributed by atoms with Crippen LogP contribution in [0.25, 0.3) is 0 Å². The molecule has 0 saturated heterocycles. The van der Waals surface area contributed by atoms with Crippen LogP contribution in [0.4, 0.5) is 5.69 Å². The molecule has 34 heavy (non-hydrogen) atoms. The molecular formula is C29H34N2O3. The third-order valence-corrected chi connectivity index (χ3v) is 5.88. The molecule has 0 saturated carbocycles. The van der Waals surface area contributed by atoms with Gasteiger partial charge in [-0.1, -0.05) is 88.4 Å². The number of rotatable bonds is 9. The lowest BCUT2D eigenvalue weighted by Gasteiger charge is -2.22. The van der Waals surface area contributed by atoms with Crippen molar-refractivity contribution < 1.29 is 14.3 Å². The number of amides is 1. The van der Waals surface area contributed by atoms with Gasteiger partial charge in [0, 0.05) is 5.69 Å². The van der Waals surface area contributed by atoms with Crippen molar-refractivity contribution in [2.45, 2.75) is 45.6 Å². The maximum atomic E-state index is 13.1. The van der Waals surface area contributed by atoms with Crippen LogP contribution in [-0.2, 0) is 9.53 Å². The zero-order valence-electron chi connectivity index (χ0n) is 20.6. The quantitative estimate of drug-likeness (QED) is 0.384. The van der Waals surface area contributed by atoms with Crippen molar-refractivity contribution in [3.8, 4) is 0 Å². The van der Waals surface area contributed by atoms with E-state index in [9.17, 15) is 9.59 Å². The minimum absolute atomic E-state index is 0.111. The van der Waals surface area contributed by atoms with Crippen molar-refractivity contribution >= 4 is 17.6 Å². The van der Waals surface area contributed by atoms with Gasteiger partial charge < -0.3 is 10.1 Å². The molecule has 1 unspecified atom stereocenters. The minimum Gasteiger partial charge on any atom is -0.465 e. The molecule has 5 heteroatoms. The van der Waals surface area contributed by atoms with Crippen LogP contribution in [0.3, 0.4) is 0 Å². The molecule has 0 spiro atoms. The summed E-state index contributed by atoms with van der Waals surface area (Å²) in [5.41, 5.74) is 5.52. The lowest BCUT2D eigenvalue weighted by molar-refractivity contribution is -0.115. The molecule has 0 bridgehead atoms. The van der Waals surface area contributed by atoms with Crippen LogP contribution in [0.15, 0.2) is 72.8 Å². The van der Waals surface area contributed by atoms with E-state index < -0.39 is 5.97 Å². The Morgan fingerprint density at radius 1 is 0.794 bits per heavy atom. The van der Waals surface area contributed by atoms with Crippen molar-refractivity contribution in [2.75, 3.05) is 19.0 Å². The number of para-hydroxylation sites is 1. The number of benzene rings is 3. The molecule has 0 fully saturated rings. The third-order valence-electron chi connectivity index (χ3n) is 5.88. The molecule has 1 atom stereocenters. The number of hydrogen-bond donors (Lipinski definition) is 2. The van der Waals surface area contributed by atoms with E-state index in [1.807, 2.05) is 42.5 Å². The van der Waals surface area contributed by atoms with E-state index >= 15 is 0 Å². The lowest BCUT2D eigenvalue weighted by atomic mass is 9.92. The molecular weight excluding hydrogens is 424 g/mol. The molecule has 2 N–H and O–H groups in total.